The smallest absolute Gasteiger partial charge is 0.243 e. The van der Waals surface area contributed by atoms with Crippen LogP contribution in [-0.4, -0.2) is 33.2 Å². The SMILES string of the molecule is Cc1ccc(C)c(N([C@@H](C)C(=O)NCCCc2ccc(C(C)C)cc2)S(C)(=O)=O)c1. The molecule has 30 heavy (non-hydrogen) atoms. The molecule has 0 spiro atoms. The fourth-order valence-corrected chi connectivity index (χ4v) is 4.68. The van der Waals surface area contributed by atoms with E-state index in [1.807, 2.05) is 26.0 Å². The minimum Gasteiger partial charge on any atom is -0.354 e. The summed E-state index contributed by atoms with van der Waals surface area (Å²) < 4.78 is 26.2. The van der Waals surface area contributed by atoms with Crippen molar-refractivity contribution >= 4 is 21.6 Å². The van der Waals surface area contributed by atoms with E-state index < -0.39 is 16.1 Å². The number of aryl methyl sites for hydroxylation is 3. The molecule has 0 radical (unpaired) electrons. The highest BCUT2D eigenvalue weighted by molar-refractivity contribution is 7.92. The Kier molecular flexibility index (Phi) is 8.07. The number of rotatable bonds is 9. The molecule has 6 heteroatoms. The molecule has 0 saturated carbocycles. The summed E-state index contributed by atoms with van der Waals surface area (Å²) in [6, 6.07) is 13.3. The van der Waals surface area contributed by atoms with Crippen LogP contribution in [0, 0.1) is 13.8 Å². The number of benzene rings is 2. The molecule has 5 nitrogen and oxygen atoms in total. The van der Waals surface area contributed by atoms with Crippen molar-refractivity contribution in [3.05, 3.63) is 64.7 Å². The number of hydrogen-bond acceptors (Lipinski definition) is 3. The molecule has 0 saturated heterocycles. The lowest BCUT2D eigenvalue weighted by Crippen LogP contribution is -2.48. The van der Waals surface area contributed by atoms with Crippen molar-refractivity contribution in [2.75, 3.05) is 17.1 Å². The molecule has 2 rings (SSSR count). The zero-order valence-corrected chi connectivity index (χ0v) is 19.7. The van der Waals surface area contributed by atoms with E-state index in [9.17, 15) is 13.2 Å². The van der Waals surface area contributed by atoms with Crippen LogP contribution in [0.2, 0.25) is 0 Å². The van der Waals surface area contributed by atoms with Crippen molar-refractivity contribution in [1.29, 1.82) is 0 Å². The zero-order valence-electron chi connectivity index (χ0n) is 18.9. The average Bonchev–Trinajstić information content (AvgIpc) is 2.67. The van der Waals surface area contributed by atoms with Crippen molar-refractivity contribution in [3.8, 4) is 0 Å². The minimum absolute atomic E-state index is 0.295. The fraction of sp³-hybridized carbons (Fsp3) is 0.458. The van der Waals surface area contributed by atoms with E-state index in [-0.39, 0.29) is 5.91 Å². The Labute approximate surface area is 181 Å². The molecule has 0 heterocycles. The van der Waals surface area contributed by atoms with Crippen molar-refractivity contribution in [2.45, 2.75) is 59.4 Å². The van der Waals surface area contributed by atoms with E-state index in [0.29, 0.717) is 18.2 Å². The Morgan fingerprint density at radius 2 is 1.67 bits per heavy atom. The van der Waals surface area contributed by atoms with Crippen LogP contribution in [0.25, 0.3) is 0 Å². The summed E-state index contributed by atoms with van der Waals surface area (Å²) in [5.41, 5.74) is 4.85. The highest BCUT2D eigenvalue weighted by Crippen LogP contribution is 2.26. The van der Waals surface area contributed by atoms with Gasteiger partial charge in [0.2, 0.25) is 15.9 Å². The first-order valence-electron chi connectivity index (χ1n) is 10.4. The summed E-state index contributed by atoms with van der Waals surface area (Å²) in [5.74, 6) is 0.214. The molecule has 0 aliphatic carbocycles. The molecule has 2 aromatic rings. The van der Waals surface area contributed by atoms with Crippen LogP contribution in [0.5, 0.6) is 0 Å². The second-order valence-electron chi connectivity index (χ2n) is 8.32. The predicted octanol–water partition coefficient (Wildman–Crippen LogP) is 4.33. The first-order valence-corrected chi connectivity index (χ1v) is 12.3. The van der Waals surface area contributed by atoms with Gasteiger partial charge in [0, 0.05) is 6.54 Å². The van der Waals surface area contributed by atoms with Gasteiger partial charge in [0.05, 0.1) is 11.9 Å². The Balaban J connectivity index is 1.99. The fourth-order valence-electron chi connectivity index (χ4n) is 3.46. The normalized spacial score (nSPS) is 12.6. The highest BCUT2D eigenvalue weighted by Gasteiger charge is 2.30. The van der Waals surface area contributed by atoms with Crippen LogP contribution in [0.3, 0.4) is 0 Å². The number of nitrogens with zero attached hydrogens (tertiary/aromatic N) is 1. The summed E-state index contributed by atoms with van der Waals surface area (Å²) in [6.45, 7) is 10.2. The Morgan fingerprint density at radius 3 is 2.23 bits per heavy atom. The lowest BCUT2D eigenvalue weighted by atomic mass is 10.0. The van der Waals surface area contributed by atoms with Gasteiger partial charge in [0.1, 0.15) is 6.04 Å². The molecule has 1 atom stereocenters. The van der Waals surface area contributed by atoms with Crippen molar-refractivity contribution in [1.82, 2.24) is 5.32 Å². The lowest BCUT2D eigenvalue weighted by molar-refractivity contribution is -0.121. The van der Waals surface area contributed by atoms with E-state index in [1.54, 1.807) is 13.0 Å². The number of nitrogens with one attached hydrogen (secondary N) is 1. The van der Waals surface area contributed by atoms with Crippen molar-refractivity contribution in [3.63, 3.8) is 0 Å². The van der Waals surface area contributed by atoms with Gasteiger partial charge in [-0.2, -0.15) is 0 Å². The summed E-state index contributed by atoms with van der Waals surface area (Å²) in [7, 11) is -3.61. The molecule has 164 valence electrons. The summed E-state index contributed by atoms with van der Waals surface area (Å²) in [6.07, 6.45) is 2.79. The van der Waals surface area contributed by atoms with Crippen LogP contribution < -0.4 is 9.62 Å². The first-order chi connectivity index (χ1) is 14.0. The summed E-state index contributed by atoms with van der Waals surface area (Å²) >= 11 is 0. The quantitative estimate of drug-likeness (QED) is 0.602. The third-order valence-electron chi connectivity index (χ3n) is 5.28. The van der Waals surface area contributed by atoms with Gasteiger partial charge < -0.3 is 5.32 Å². The van der Waals surface area contributed by atoms with Crippen LogP contribution in [0.4, 0.5) is 5.69 Å². The van der Waals surface area contributed by atoms with E-state index in [1.165, 1.54) is 15.4 Å². The van der Waals surface area contributed by atoms with Crippen LogP contribution in [-0.2, 0) is 21.2 Å². The average molecular weight is 431 g/mol. The maximum Gasteiger partial charge on any atom is 0.243 e. The van der Waals surface area contributed by atoms with Crippen molar-refractivity contribution < 1.29 is 13.2 Å². The van der Waals surface area contributed by atoms with Gasteiger partial charge >= 0.3 is 0 Å². The van der Waals surface area contributed by atoms with Crippen LogP contribution in [0.1, 0.15) is 55.4 Å². The van der Waals surface area contributed by atoms with Crippen molar-refractivity contribution in [2.24, 2.45) is 0 Å². The molecular weight excluding hydrogens is 396 g/mol. The Bertz CT molecular complexity index is 966. The molecule has 0 aromatic heterocycles. The molecule has 1 amide bonds. The Hall–Kier alpha value is -2.34. The summed E-state index contributed by atoms with van der Waals surface area (Å²) in [5, 5.41) is 2.89. The molecule has 0 unspecified atom stereocenters. The van der Waals surface area contributed by atoms with Gasteiger partial charge in [-0.25, -0.2) is 8.42 Å². The zero-order chi connectivity index (χ0) is 22.5. The Morgan fingerprint density at radius 1 is 1.03 bits per heavy atom. The van der Waals surface area contributed by atoms with Gasteiger partial charge in [-0.05, 0) is 67.9 Å². The first kappa shape index (κ1) is 23.9. The standard InChI is InChI=1S/C24H34N2O3S/c1-17(2)22-13-11-21(12-14-22)8-7-15-25-24(27)20(5)26(30(6,28)29)23-16-18(3)9-10-19(23)4/h9-14,16-17,20H,7-8,15H2,1-6H3,(H,25,27)/t20-/m0/s1. The third-order valence-corrected chi connectivity index (χ3v) is 6.51. The summed E-state index contributed by atoms with van der Waals surface area (Å²) in [4.78, 5) is 12.7. The van der Waals surface area contributed by atoms with Crippen LogP contribution >= 0.6 is 0 Å². The minimum atomic E-state index is -3.61. The molecule has 0 aliphatic heterocycles. The van der Waals surface area contributed by atoms with Crippen LogP contribution in [0.15, 0.2) is 42.5 Å². The maximum atomic E-state index is 12.7. The second-order valence-corrected chi connectivity index (χ2v) is 10.2. The molecule has 1 N–H and O–H groups in total. The number of anilines is 1. The topological polar surface area (TPSA) is 66.5 Å². The van der Waals surface area contributed by atoms with E-state index in [4.69, 9.17) is 0 Å². The third kappa shape index (κ3) is 6.33. The molecule has 2 aromatic carbocycles. The maximum absolute atomic E-state index is 12.7. The molecule has 0 bridgehead atoms. The molecule has 0 aliphatic rings. The van der Waals surface area contributed by atoms with E-state index in [0.717, 1.165) is 30.2 Å². The van der Waals surface area contributed by atoms with Gasteiger partial charge in [0.25, 0.3) is 0 Å². The van der Waals surface area contributed by atoms with Gasteiger partial charge in [0.15, 0.2) is 0 Å². The molecule has 0 fully saturated rings. The number of hydrogen-bond donors (Lipinski definition) is 1. The van der Waals surface area contributed by atoms with Gasteiger partial charge in [-0.15, -0.1) is 0 Å². The number of sulfonamides is 1. The van der Waals surface area contributed by atoms with Gasteiger partial charge in [-0.3, -0.25) is 9.10 Å². The highest BCUT2D eigenvalue weighted by atomic mass is 32.2. The second kappa shape index (κ2) is 10.1. The predicted molar refractivity (Wildman–Crippen MR) is 125 cm³/mol. The lowest BCUT2D eigenvalue weighted by Gasteiger charge is -2.29. The number of carbonyl (C=O) groups is 1. The van der Waals surface area contributed by atoms with E-state index >= 15 is 0 Å². The number of carbonyl (C=O) groups excluding carboxylic acids is 1. The largest absolute Gasteiger partial charge is 0.354 e. The number of amides is 1. The van der Waals surface area contributed by atoms with Gasteiger partial charge in [-0.1, -0.05) is 50.2 Å². The van der Waals surface area contributed by atoms with E-state index in [2.05, 4.69) is 43.4 Å². The molecular formula is C24H34N2O3S. The monoisotopic (exact) mass is 430 g/mol.